The van der Waals surface area contributed by atoms with E-state index in [-0.39, 0.29) is 4.90 Å². The van der Waals surface area contributed by atoms with Gasteiger partial charge in [-0.1, -0.05) is 0 Å². The second-order valence-corrected chi connectivity index (χ2v) is 5.85. The molecule has 0 radical (unpaired) electrons. The van der Waals surface area contributed by atoms with E-state index in [1.165, 1.54) is 6.26 Å². The first-order valence-corrected chi connectivity index (χ1v) is 7.35. The molecule has 6 heteroatoms. The van der Waals surface area contributed by atoms with Crippen LogP contribution >= 0.6 is 0 Å². The smallest absolute Gasteiger partial charge is 0.241 e. The Hall–Kier alpha value is -1.79. The highest BCUT2D eigenvalue weighted by Crippen LogP contribution is 2.18. The van der Waals surface area contributed by atoms with Gasteiger partial charge in [0.1, 0.15) is 5.76 Å². The Balaban J connectivity index is 2.17. The Morgan fingerprint density at radius 1 is 1.16 bits per heavy atom. The molecule has 0 aliphatic carbocycles. The Bertz CT molecular complexity index is 618. The van der Waals surface area contributed by atoms with Crippen molar-refractivity contribution in [1.29, 1.82) is 0 Å². The van der Waals surface area contributed by atoms with Gasteiger partial charge in [0.25, 0.3) is 0 Å². The summed E-state index contributed by atoms with van der Waals surface area (Å²) in [7, 11) is -1.77. The summed E-state index contributed by atoms with van der Waals surface area (Å²) in [5.74, 6) is 0.579. The molecule has 2 aromatic rings. The van der Waals surface area contributed by atoms with Crippen LogP contribution in [0.5, 0.6) is 0 Å². The first kappa shape index (κ1) is 13.6. The third kappa shape index (κ3) is 3.15. The lowest BCUT2D eigenvalue weighted by Gasteiger charge is -2.12. The SMILES string of the molecule is CNc1ccc(S(=O)(=O)NC(C)c2ccco2)cc1. The van der Waals surface area contributed by atoms with Gasteiger partial charge in [-0.2, -0.15) is 0 Å². The molecule has 0 fully saturated rings. The summed E-state index contributed by atoms with van der Waals surface area (Å²) in [6, 6.07) is 9.59. The number of benzene rings is 1. The van der Waals surface area contributed by atoms with E-state index in [1.54, 1.807) is 50.4 Å². The van der Waals surface area contributed by atoms with E-state index < -0.39 is 16.1 Å². The maximum Gasteiger partial charge on any atom is 0.241 e. The van der Waals surface area contributed by atoms with Crippen molar-refractivity contribution in [2.75, 3.05) is 12.4 Å². The van der Waals surface area contributed by atoms with Gasteiger partial charge >= 0.3 is 0 Å². The molecule has 1 aromatic carbocycles. The zero-order chi connectivity index (χ0) is 13.9. The molecule has 1 heterocycles. The fourth-order valence-corrected chi connectivity index (χ4v) is 2.91. The highest BCUT2D eigenvalue weighted by atomic mass is 32.2. The molecule has 0 saturated carbocycles. The summed E-state index contributed by atoms with van der Waals surface area (Å²) in [6.07, 6.45) is 1.52. The topological polar surface area (TPSA) is 71.3 Å². The van der Waals surface area contributed by atoms with Crippen LogP contribution in [-0.4, -0.2) is 15.5 Å². The number of hydrogen-bond donors (Lipinski definition) is 2. The van der Waals surface area contributed by atoms with Crippen molar-refractivity contribution >= 4 is 15.7 Å². The maximum absolute atomic E-state index is 12.2. The van der Waals surface area contributed by atoms with E-state index in [0.717, 1.165) is 5.69 Å². The standard InChI is InChI=1S/C13H16N2O3S/c1-10(13-4-3-9-18-13)15-19(16,17)12-7-5-11(14-2)6-8-12/h3-10,14-15H,1-2H3. The molecular formula is C13H16N2O3S. The average molecular weight is 280 g/mol. The summed E-state index contributed by atoms with van der Waals surface area (Å²) in [4.78, 5) is 0.227. The summed E-state index contributed by atoms with van der Waals surface area (Å²) in [5, 5.41) is 2.94. The minimum absolute atomic E-state index is 0.227. The van der Waals surface area contributed by atoms with Crippen molar-refractivity contribution in [3.8, 4) is 0 Å². The minimum atomic E-state index is -3.55. The number of sulfonamides is 1. The van der Waals surface area contributed by atoms with Gasteiger partial charge in [-0.15, -0.1) is 0 Å². The van der Waals surface area contributed by atoms with E-state index in [9.17, 15) is 8.42 Å². The Kier molecular flexibility index (Phi) is 3.92. The van der Waals surface area contributed by atoms with Gasteiger partial charge in [-0.3, -0.25) is 0 Å². The molecule has 0 bridgehead atoms. The first-order valence-electron chi connectivity index (χ1n) is 5.86. The van der Waals surface area contributed by atoms with Crippen LogP contribution in [0.15, 0.2) is 52.0 Å². The third-order valence-corrected chi connectivity index (χ3v) is 4.31. The van der Waals surface area contributed by atoms with E-state index in [1.807, 2.05) is 0 Å². The number of hydrogen-bond acceptors (Lipinski definition) is 4. The Morgan fingerprint density at radius 3 is 2.37 bits per heavy atom. The summed E-state index contributed by atoms with van der Waals surface area (Å²) in [6.45, 7) is 1.73. The van der Waals surface area contributed by atoms with Crippen LogP contribution in [0.25, 0.3) is 0 Å². The predicted molar refractivity (Wildman–Crippen MR) is 73.4 cm³/mol. The highest BCUT2D eigenvalue weighted by molar-refractivity contribution is 7.89. The molecule has 0 aliphatic rings. The molecule has 0 spiro atoms. The van der Waals surface area contributed by atoms with Crippen LogP contribution < -0.4 is 10.0 Å². The summed E-state index contributed by atoms with van der Waals surface area (Å²) in [5.41, 5.74) is 0.859. The molecule has 1 unspecified atom stereocenters. The van der Waals surface area contributed by atoms with E-state index in [0.29, 0.717) is 5.76 Å². The van der Waals surface area contributed by atoms with E-state index in [4.69, 9.17) is 4.42 Å². The molecule has 102 valence electrons. The second-order valence-electron chi connectivity index (χ2n) is 4.13. The average Bonchev–Trinajstić information content (AvgIpc) is 2.92. The van der Waals surface area contributed by atoms with Gasteiger partial charge in [0, 0.05) is 12.7 Å². The molecule has 5 nitrogen and oxygen atoms in total. The first-order chi connectivity index (χ1) is 9.03. The monoisotopic (exact) mass is 280 g/mol. The fraction of sp³-hybridized carbons (Fsp3) is 0.231. The molecule has 0 amide bonds. The predicted octanol–water partition coefficient (Wildman–Crippen LogP) is 2.36. The fourth-order valence-electron chi connectivity index (χ4n) is 1.70. The van der Waals surface area contributed by atoms with Crippen molar-refractivity contribution in [1.82, 2.24) is 4.72 Å². The van der Waals surface area contributed by atoms with Gasteiger partial charge in [-0.05, 0) is 43.3 Å². The number of furan rings is 1. The number of nitrogens with one attached hydrogen (secondary N) is 2. The highest BCUT2D eigenvalue weighted by Gasteiger charge is 2.19. The van der Waals surface area contributed by atoms with Crippen LogP contribution in [-0.2, 0) is 10.0 Å². The second kappa shape index (κ2) is 5.46. The lowest BCUT2D eigenvalue weighted by Crippen LogP contribution is -2.26. The zero-order valence-electron chi connectivity index (χ0n) is 10.8. The molecule has 2 N–H and O–H groups in total. The van der Waals surface area contributed by atoms with Crippen molar-refractivity contribution in [2.45, 2.75) is 17.9 Å². The maximum atomic E-state index is 12.2. The summed E-state index contributed by atoms with van der Waals surface area (Å²) < 4.78 is 32.1. The van der Waals surface area contributed by atoms with Crippen molar-refractivity contribution in [3.05, 3.63) is 48.4 Å². The minimum Gasteiger partial charge on any atom is -0.468 e. The third-order valence-electron chi connectivity index (χ3n) is 2.76. The molecule has 1 aromatic heterocycles. The summed E-state index contributed by atoms with van der Waals surface area (Å²) >= 11 is 0. The van der Waals surface area contributed by atoms with Gasteiger partial charge in [0.15, 0.2) is 0 Å². The van der Waals surface area contributed by atoms with Crippen LogP contribution in [0.1, 0.15) is 18.7 Å². The van der Waals surface area contributed by atoms with Gasteiger partial charge in [0.05, 0.1) is 17.2 Å². The molecule has 0 saturated heterocycles. The molecular weight excluding hydrogens is 264 g/mol. The Morgan fingerprint density at radius 2 is 1.84 bits per heavy atom. The van der Waals surface area contributed by atoms with Gasteiger partial charge in [0.2, 0.25) is 10.0 Å². The molecule has 19 heavy (non-hydrogen) atoms. The Labute approximate surface area is 112 Å². The quantitative estimate of drug-likeness (QED) is 0.882. The number of anilines is 1. The van der Waals surface area contributed by atoms with Crippen molar-refractivity contribution < 1.29 is 12.8 Å². The molecule has 0 aliphatic heterocycles. The molecule has 1 atom stereocenters. The van der Waals surface area contributed by atoms with E-state index >= 15 is 0 Å². The zero-order valence-corrected chi connectivity index (χ0v) is 11.6. The van der Waals surface area contributed by atoms with Crippen LogP contribution in [0, 0.1) is 0 Å². The van der Waals surface area contributed by atoms with Crippen molar-refractivity contribution in [3.63, 3.8) is 0 Å². The van der Waals surface area contributed by atoms with Crippen LogP contribution in [0.2, 0.25) is 0 Å². The lowest BCUT2D eigenvalue weighted by atomic mass is 10.3. The van der Waals surface area contributed by atoms with Crippen LogP contribution in [0.3, 0.4) is 0 Å². The van der Waals surface area contributed by atoms with E-state index in [2.05, 4.69) is 10.0 Å². The van der Waals surface area contributed by atoms with Gasteiger partial charge < -0.3 is 9.73 Å². The van der Waals surface area contributed by atoms with Gasteiger partial charge in [-0.25, -0.2) is 13.1 Å². The number of rotatable bonds is 5. The van der Waals surface area contributed by atoms with Crippen molar-refractivity contribution in [2.24, 2.45) is 0 Å². The van der Waals surface area contributed by atoms with Crippen LogP contribution in [0.4, 0.5) is 5.69 Å². The normalized spacial score (nSPS) is 13.2. The lowest BCUT2D eigenvalue weighted by molar-refractivity contribution is 0.459. The molecule has 2 rings (SSSR count). The largest absolute Gasteiger partial charge is 0.468 e.